The molecule has 0 aliphatic carbocycles. The highest BCUT2D eigenvalue weighted by Crippen LogP contribution is 2.24. The van der Waals surface area contributed by atoms with Crippen LogP contribution in [0.4, 0.5) is 10.1 Å². The Balaban J connectivity index is 1.65. The SMILES string of the molecule is C[C@@H]1c2ccsc2CC[NH+]1CC(=O)Nc1ccc(Cl)cc1F. The number of carbonyl (C=O) groups excluding carboxylic acids is 1. The molecule has 6 heteroatoms. The van der Waals surface area contributed by atoms with Crippen molar-refractivity contribution < 1.29 is 14.1 Å². The molecule has 0 saturated heterocycles. The highest BCUT2D eigenvalue weighted by atomic mass is 35.5. The summed E-state index contributed by atoms with van der Waals surface area (Å²) in [6.07, 6.45) is 0.995. The summed E-state index contributed by atoms with van der Waals surface area (Å²) in [5.41, 5.74) is 1.51. The van der Waals surface area contributed by atoms with E-state index in [9.17, 15) is 9.18 Å². The summed E-state index contributed by atoms with van der Waals surface area (Å²) >= 11 is 7.49. The van der Waals surface area contributed by atoms with E-state index in [1.54, 1.807) is 17.4 Å². The first-order chi connectivity index (χ1) is 10.5. The van der Waals surface area contributed by atoms with Crippen LogP contribution in [0.3, 0.4) is 0 Å². The van der Waals surface area contributed by atoms with Gasteiger partial charge in [-0.1, -0.05) is 11.6 Å². The fourth-order valence-corrected chi connectivity index (χ4v) is 4.02. The molecule has 3 rings (SSSR count). The second-order valence-electron chi connectivity index (χ2n) is 5.53. The minimum atomic E-state index is -0.511. The highest BCUT2D eigenvalue weighted by Gasteiger charge is 2.29. The zero-order chi connectivity index (χ0) is 15.7. The van der Waals surface area contributed by atoms with Crippen molar-refractivity contribution in [2.75, 3.05) is 18.4 Å². The van der Waals surface area contributed by atoms with Gasteiger partial charge in [0.1, 0.15) is 11.9 Å². The van der Waals surface area contributed by atoms with Gasteiger partial charge < -0.3 is 10.2 Å². The van der Waals surface area contributed by atoms with Gasteiger partial charge in [-0.3, -0.25) is 4.79 Å². The molecule has 2 atom stereocenters. The Morgan fingerprint density at radius 3 is 3.09 bits per heavy atom. The quantitative estimate of drug-likeness (QED) is 0.885. The molecular formula is C16H17ClFN2OS+. The molecule has 2 heterocycles. The Kier molecular flexibility index (Phi) is 4.47. The zero-order valence-corrected chi connectivity index (χ0v) is 13.7. The van der Waals surface area contributed by atoms with E-state index < -0.39 is 5.82 Å². The monoisotopic (exact) mass is 339 g/mol. The number of rotatable bonds is 3. The van der Waals surface area contributed by atoms with E-state index in [1.807, 2.05) is 0 Å². The van der Waals surface area contributed by atoms with E-state index in [-0.39, 0.29) is 17.6 Å². The van der Waals surface area contributed by atoms with Crippen LogP contribution in [-0.2, 0) is 11.2 Å². The molecule has 0 fully saturated rings. The van der Waals surface area contributed by atoms with E-state index in [0.717, 1.165) is 13.0 Å². The minimum Gasteiger partial charge on any atom is -0.321 e. The largest absolute Gasteiger partial charge is 0.321 e. The fourth-order valence-electron chi connectivity index (χ4n) is 2.88. The van der Waals surface area contributed by atoms with Crippen molar-refractivity contribution in [1.29, 1.82) is 0 Å². The first-order valence-corrected chi connectivity index (χ1v) is 8.46. The summed E-state index contributed by atoms with van der Waals surface area (Å²) in [4.78, 5) is 14.8. The topological polar surface area (TPSA) is 33.5 Å². The average Bonchev–Trinajstić information content (AvgIpc) is 2.94. The van der Waals surface area contributed by atoms with Crippen LogP contribution in [0, 0.1) is 5.82 Å². The highest BCUT2D eigenvalue weighted by molar-refractivity contribution is 7.10. The Labute approximate surface area is 137 Å². The van der Waals surface area contributed by atoms with Gasteiger partial charge in [0, 0.05) is 21.9 Å². The maximum Gasteiger partial charge on any atom is 0.279 e. The molecule has 2 aromatic rings. The molecule has 116 valence electrons. The molecule has 1 aromatic carbocycles. The number of hydrogen-bond donors (Lipinski definition) is 2. The van der Waals surface area contributed by atoms with Crippen molar-refractivity contribution in [3.8, 4) is 0 Å². The standard InChI is InChI=1S/C16H16ClFN2OS/c1-10-12-5-7-22-15(12)4-6-20(10)9-16(21)19-14-3-2-11(17)8-13(14)18/h2-3,5,7-8,10H,4,6,9H2,1H3,(H,19,21)/p+1/t10-/m1/s1. The fraction of sp³-hybridized carbons (Fsp3) is 0.312. The van der Waals surface area contributed by atoms with E-state index in [4.69, 9.17) is 11.6 Å². The van der Waals surface area contributed by atoms with Crippen molar-refractivity contribution >= 4 is 34.5 Å². The normalized spacial score (nSPS) is 20.5. The van der Waals surface area contributed by atoms with Gasteiger partial charge in [0.05, 0.1) is 12.2 Å². The molecule has 1 aliphatic rings. The Morgan fingerprint density at radius 1 is 1.50 bits per heavy atom. The van der Waals surface area contributed by atoms with Gasteiger partial charge in [-0.2, -0.15) is 0 Å². The third-order valence-electron chi connectivity index (χ3n) is 4.12. The Morgan fingerprint density at radius 2 is 2.32 bits per heavy atom. The Hall–Kier alpha value is -1.43. The molecule has 0 spiro atoms. The zero-order valence-electron chi connectivity index (χ0n) is 12.2. The third kappa shape index (κ3) is 3.16. The molecule has 1 unspecified atom stereocenters. The van der Waals surface area contributed by atoms with Gasteiger partial charge in [-0.05, 0) is 36.6 Å². The Bertz CT molecular complexity index is 703. The van der Waals surface area contributed by atoms with Crippen molar-refractivity contribution in [2.45, 2.75) is 19.4 Å². The number of fused-ring (bicyclic) bond motifs is 1. The lowest BCUT2D eigenvalue weighted by molar-refractivity contribution is -0.923. The molecule has 1 amide bonds. The van der Waals surface area contributed by atoms with Crippen molar-refractivity contribution in [2.24, 2.45) is 0 Å². The van der Waals surface area contributed by atoms with Gasteiger partial charge in [0.2, 0.25) is 0 Å². The van der Waals surface area contributed by atoms with Gasteiger partial charge in [0.25, 0.3) is 5.91 Å². The minimum absolute atomic E-state index is 0.176. The second kappa shape index (κ2) is 6.36. The summed E-state index contributed by atoms with van der Waals surface area (Å²) in [5.74, 6) is -0.690. The van der Waals surface area contributed by atoms with E-state index >= 15 is 0 Å². The number of anilines is 1. The van der Waals surface area contributed by atoms with Crippen LogP contribution >= 0.6 is 22.9 Å². The number of hydrogen-bond acceptors (Lipinski definition) is 2. The van der Waals surface area contributed by atoms with Gasteiger partial charge in [-0.25, -0.2) is 4.39 Å². The first kappa shape index (κ1) is 15.5. The van der Waals surface area contributed by atoms with Crippen LogP contribution in [0.25, 0.3) is 0 Å². The van der Waals surface area contributed by atoms with Crippen LogP contribution in [0.15, 0.2) is 29.6 Å². The van der Waals surface area contributed by atoms with Crippen molar-refractivity contribution in [1.82, 2.24) is 0 Å². The average molecular weight is 340 g/mol. The molecular weight excluding hydrogens is 323 g/mol. The lowest BCUT2D eigenvalue weighted by Gasteiger charge is -2.29. The van der Waals surface area contributed by atoms with Crippen LogP contribution in [0.1, 0.15) is 23.4 Å². The predicted molar refractivity (Wildman–Crippen MR) is 87.2 cm³/mol. The number of carbonyl (C=O) groups is 1. The first-order valence-electron chi connectivity index (χ1n) is 7.20. The summed E-state index contributed by atoms with van der Waals surface area (Å²) in [6, 6.07) is 6.68. The predicted octanol–water partition coefficient (Wildman–Crippen LogP) is 2.68. The molecule has 2 N–H and O–H groups in total. The smallest absolute Gasteiger partial charge is 0.279 e. The number of halogens is 2. The third-order valence-corrected chi connectivity index (χ3v) is 5.36. The second-order valence-corrected chi connectivity index (χ2v) is 6.97. The van der Waals surface area contributed by atoms with Gasteiger partial charge >= 0.3 is 0 Å². The molecule has 1 aliphatic heterocycles. The lowest BCUT2D eigenvalue weighted by Crippen LogP contribution is -3.14. The summed E-state index contributed by atoms with van der Waals surface area (Å²) in [6.45, 7) is 3.39. The van der Waals surface area contributed by atoms with Crippen LogP contribution in [0.2, 0.25) is 5.02 Å². The maximum absolute atomic E-state index is 13.7. The number of nitrogens with one attached hydrogen (secondary N) is 2. The summed E-state index contributed by atoms with van der Waals surface area (Å²) in [7, 11) is 0. The number of thiophene rings is 1. The molecule has 0 bridgehead atoms. The molecule has 0 radical (unpaired) electrons. The number of quaternary nitrogens is 1. The molecule has 22 heavy (non-hydrogen) atoms. The maximum atomic E-state index is 13.7. The molecule has 0 saturated carbocycles. The molecule has 3 nitrogen and oxygen atoms in total. The van der Waals surface area contributed by atoms with Crippen molar-refractivity contribution in [3.05, 3.63) is 50.9 Å². The van der Waals surface area contributed by atoms with E-state index in [2.05, 4.69) is 23.7 Å². The van der Waals surface area contributed by atoms with Gasteiger partial charge in [0.15, 0.2) is 6.54 Å². The summed E-state index contributed by atoms with van der Waals surface area (Å²) < 4.78 is 13.7. The van der Waals surface area contributed by atoms with Crippen LogP contribution in [-0.4, -0.2) is 19.0 Å². The van der Waals surface area contributed by atoms with Gasteiger partial charge in [-0.15, -0.1) is 11.3 Å². The van der Waals surface area contributed by atoms with E-state index in [0.29, 0.717) is 11.6 Å². The number of benzene rings is 1. The van der Waals surface area contributed by atoms with E-state index in [1.165, 1.54) is 27.5 Å². The summed E-state index contributed by atoms with van der Waals surface area (Å²) in [5, 5.41) is 5.05. The molecule has 1 aromatic heterocycles. The van der Waals surface area contributed by atoms with Crippen LogP contribution in [0.5, 0.6) is 0 Å². The van der Waals surface area contributed by atoms with Crippen LogP contribution < -0.4 is 10.2 Å². The lowest BCUT2D eigenvalue weighted by atomic mass is 10.0. The van der Waals surface area contributed by atoms with Crippen molar-refractivity contribution in [3.63, 3.8) is 0 Å². The number of amides is 1.